The minimum atomic E-state index is -0.716. The summed E-state index contributed by atoms with van der Waals surface area (Å²) in [5.41, 5.74) is 2.96. The van der Waals surface area contributed by atoms with Crippen LogP contribution in [-0.2, 0) is 6.42 Å². The van der Waals surface area contributed by atoms with Crippen LogP contribution in [0.2, 0.25) is 0 Å². The van der Waals surface area contributed by atoms with Crippen molar-refractivity contribution in [3.8, 4) is 23.0 Å². The summed E-state index contributed by atoms with van der Waals surface area (Å²) in [4.78, 5) is 0. The Balaban J connectivity index is 1.70. The van der Waals surface area contributed by atoms with Crippen LogP contribution < -0.4 is 24.3 Å². The molecule has 0 aliphatic carbocycles. The van der Waals surface area contributed by atoms with Crippen LogP contribution in [0.5, 0.6) is 23.0 Å². The van der Waals surface area contributed by atoms with E-state index in [1.165, 1.54) is 0 Å². The summed E-state index contributed by atoms with van der Waals surface area (Å²) in [5, 5.41) is 14.4. The van der Waals surface area contributed by atoms with Gasteiger partial charge in [-0.2, -0.15) is 0 Å². The van der Waals surface area contributed by atoms with Crippen LogP contribution in [-0.4, -0.2) is 32.7 Å². The highest BCUT2D eigenvalue weighted by molar-refractivity contribution is 5.51. The molecule has 6 heteroatoms. The largest absolute Gasteiger partial charge is 0.493 e. The number of fused-ring (bicyclic) bond motifs is 2. The Morgan fingerprint density at radius 1 is 1.08 bits per heavy atom. The van der Waals surface area contributed by atoms with E-state index in [9.17, 15) is 5.11 Å². The molecule has 6 nitrogen and oxygen atoms in total. The average molecular weight is 343 g/mol. The molecule has 0 spiro atoms. The molecule has 2 heterocycles. The molecule has 2 aromatic rings. The highest BCUT2D eigenvalue weighted by atomic mass is 16.7. The monoisotopic (exact) mass is 343 g/mol. The Bertz CT molecular complexity index is 792. The Morgan fingerprint density at radius 3 is 2.64 bits per heavy atom. The standard InChI is InChI=1S/C19H21NO5/c1-22-15-7-11-5-6-20-18(13(11)9-16(15)23-2)19(21)12-3-4-14-17(8-12)25-10-24-14/h3-4,7-9,18-21H,5-6,10H2,1-2H3/t18-,19+/m0/s1. The first-order valence-corrected chi connectivity index (χ1v) is 8.27. The molecular weight excluding hydrogens is 322 g/mol. The molecule has 2 atom stereocenters. The van der Waals surface area contributed by atoms with Crippen molar-refractivity contribution in [2.24, 2.45) is 0 Å². The van der Waals surface area contributed by atoms with E-state index >= 15 is 0 Å². The Hall–Kier alpha value is -2.44. The molecular formula is C19H21NO5. The molecule has 132 valence electrons. The van der Waals surface area contributed by atoms with E-state index in [0.717, 1.165) is 29.7 Å². The van der Waals surface area contributed by atoms with Gasteiger partial charge in [0.2, 0.25) is 6.79 Å². The molecule has 0 radical (unpaired) electrons. The van der Waals surface area contributed by atoms with Crippen molar-refractivity contribution in [2.75, 3.05) is 27.6 Å². The van der Waals surface area contributed by atoms with Crippen LogP contribution >= 0.6 is 0 Å². The summed E-state index contributed by atoms with van der Waals surface area (Å²) in [6, 6.07) is 9.25. The fraction of sp³-hybridized carbons (Fsp3) is 0.368. The van der Waals surface area contributed by atoms with Crippen LogP contribution in [0.25, 0.3) is 0 Å². The molecule has 0 bridgehead atoms. The fourth-order valence-corrected chi connectivity index (χ4v) is 3.49. The van der Waals surface area contributed by atoms with Crippen LogP contribution in [0.1, 0.15) is 28.8 Å². The van der Waals surface area contributed by atoms with Crippen molar-refractivity contribution in [3.05, 3.63) is 47.0 Å². The van der Waals surface area contributed by atoms with E-state index in [0.29, 0.717) is 23.0 Å². The number of hydrogen-bond acceptors (Lipinski definition) is 6. The van der Waals surface area contributed by atoms with Gasteiger partial charge in [0.05, 0.1) is 26.4 Å². The third kappa shape index (κ3) is 2.77. The predicted molar refractivity (Wildman–Crippen MR) is 91.5 cm³/mol. The SMILES string of the molecule is COc1cc2c(cc1OC)[C@@H]([C@H](O)c1ccc3c(c1)OCO3)NCC2. The predicted octanol–water partition coefficient (Wildman–Crippen LogP) is 2.35. The smallest absolute Gasteiger partial charge is 0.231 e. The lowest BCUT2D eigenvalue weighted by Crippen LogP contribution is -2.34. The van der Waals surface area contributed by atoms with Gasteiger partial charge in [0, 0.05) is 0 Å². The average Bonchev–Trinajstić information content (AvgIpc) is 3.13. The van der Waals surface area contributed by atoms with Gasteiger partial charge in [0.15, 0.2) is 23.0 Å². The van der Waals surface area contributed by atoms with E-state index < -0.39 is 6.10 Å². The Kier molecular flexibility index (Phi) is 4.15. The summed E-state index contributed by atoms with van der Waals surface area (Å²) in [6.45, 7) is 1.01. The molecule has 2 aromatic carbocycles. The van der Waals surface area contributed by atoms with Gasteiger partial charge in [-0.3, -0.25) is 0 Å². The molecule has 0 amide bonds. The first-order chi connectivity index (χ1) is 12.2. The number of rotatable bonds is 4. The first-order valence-electron chi connectivity index (χ1n) is 8.27. The lowest BCUT2D eigenvalue weighted by Gasteiger charge is -2.31. The lowest BCUT2D eigenvalue weighted by molar-refractivity contribution is 0.125. The van der Waals surface area contributed by atoms with Gasteiger partial charge in [-0.1, -0.05) is 6.07 Å². The van der Waals surface area contributed by atoms with Crippen LogP contribution in [0, 0.1) is 0 Å². The van der Waals surface area contributed by atoms with E-state index in [4.69, 9.17) is 18.9 Å². The minimum absolute atomic E-state index is 0.219. The van der Waals surface area contributed by atoms with Crippen molar-refractivity contribution in [3.63, 3.8) is 0 Å². The third-order valence-corrected chi connectivity index (χ3v) is 4.79. The Morgan fingerprint density at radius 2 is 1.84 bits per heavy atom. The van der Waals surface area contributed by atoms with E-state index in [1.54, 1.807) is 14.2 Å². The maximum atomic E-state index is 11.0. The number of nitrogens with one attached hydrogen (secondary N) is 1. The Labute approximate surface area is 146 Å². The molecule has 0 unspecified atom stereocenters. The fourth-order valence-electron chi connectivity index (χ4n) is 3.49. The summed E-state index contributed by atoms with van der Waals surface area (Å²) >= 11 is 0. The van der Waals surface area contributed by atoms with Gasteiger partial charge in [0.25, 0.3) is 0 Å². The van der Waals surface area contributed by atoms with Crippen molar-refractivity contribution in [2.45, 2.75) is 18.6 Å². The number of hydrogen-bond donors (Lipinski definition) is 2. The quantitative estimate of drug-likeness (QED) is 0.888. The third-order valence-electron chi connectivity index (χ3n) is 4.79. The second kappa shape index (κ2) is 6.46. The lowest BCUT2D eigenvalue weighted by atomic mass is 9.88. The maximum Gasteiger partial charge on any atom is 0.231 e. The topological polar surface area (TPSA) is 69.2 Å². The molecule has 0 fully saturated rings. The second-order valence-corrected chi connectivity index (χ2v) is 6.15. The summed E-state index contributed by atoms with van der Waals surface area (Å²) in [7, 11) is 3.24. The molecule has 2 N–H and O–H groups in total. The normalized spacial score (nSPS) is 19.2. The molecule has 4 rings (SSSR count). The summed E-state index contributed by atoms with van der Waals surface area (Å²) < 4.78 is 21.6. The van der Waals surface area contributed by atoms with Crippen molar-refractivity contribution in [1.29, 1.82) is 0 Å². The molecule has 25 heavy (non-hydrogen) atoms. The van der Waals surface area contributed by atoms with Gasteiger partial charge < -0.3 is 29.4 Å². The summed E-state index contributed by atoms with van der Waals surface area (Å²) in [6.07, 6.45) is 0.159. The van der Waals surface area contributed by atoms with Gasteiger partial charge in [-0.15, -0.1) is 0 Å². The van der Waals surface area contributed by atoms with Crippen molar-refractivity contribution in [1.82, 2.24) is 5.32 Å². The van der Waals surface area contributed by atoms with Gasteiger partial charge in [-0.05, 0) is 53.9 Å². The zero-order valence-electron chi connectivity index (χ0n) is 14.2. The molecule has 0 saturated heterocycles. The van der Waals surface area contributed by atoms with E-state index in [2.05, 4.69) is 5.32 Å². The number of ether oxygens (including phenoxy) is 4. The molecule has 2 aliphatic rings. The van der Waals surface area contributed by atoms with Crippen LogP contribution in [0.3, 0.4) is 0 Å². The highest BCUT2D eigenvalue weighted by Gasteiger charge is 2.30. The second-order valence-electron chi connectivity index (χ2n) is 6.15. The highest BCUT2D eigenvalue weighted by Crippen LogP contribution is 2.41. The minimum Gasteiger partial charge on any atom is -0.493 e. The van der Waals surface area contributed by atoms with Gasteiger partial charge in [-0.25, -0.2) is 0 Å². The van der Waals surface area contributed by atoms with Crippen molar-refractivity contribution >= 4 is 0 Å². The molecule has 0 aromatic heterocycles. The van der Waals surface area contributed by atoms with Gasteiger partial charge >= 0.3 is 0 Å². The number of methoxy groups -OCH3 is 2. The zero-order valence-corrected chi connectivity index (χ0v) is 14.2. The number of aliphatic hydroxyl groups excluding tert-OH is 1. The maximum absolute atomic E-state index is 11.0. The first kappa shape index (κ1) is 16.1. The van der Waals surface area contributed by atoms with Crippen LogP contribution in [0.4, 0.5) is 0 Å². The number of aliphatic hydroxyl groups is 1. The van der Waals surface area contributed by atoms with E-state index in [1.807, 2.05) is 30.3 Å². The van der Waals surface area contributed by atoms with Gasteiger partial charge in [0.1, 0.15) is 0 Å². The van der Waals surface area contributed by atoms with E-state index in [-0.39, 0.29) is 12.8 Å². The number of benzene rings is 2. The zero-order chi connectivity index (χ0) is 17.4. The molecule has 2 aliphatic heterocycles. The van der Waals surface area contributed by atoms with Crippen molar-refractivity contribution < 1.29 is 24.1 Å². The molecule has 0 saturated carbocycles. The van der Waals surface area contributed by atoms with Crippen LogP contribution in [0.15, 0.2) is 30.3 Å². The summed E-state index contributed by atoms with van der Waals surface area (Å²) in [5.74, 6) is 2.74.